The molecule has 0 aliphatic carbocycles. The summed E-state index contributed by atoms with van der Waals surface area (Å²) in [4.78, 5) is 29.0. The van der Waals surface area contributed by atoms with E-state index in [1.807, 2.05) is 0 Å². The lowest BCUT2D eigenvalue weighted by Gasteiger charge is -2.17. The molecule has 26 heavy (non-hydrogen) atoms. The van der Waals surface area contributed by atoms with Crippen molar-refractivity contribution in [3.63, 3.8) is 0 Å². The van der Waals surface area contributed by atoms with Gasteiger partial charge in [0.25, 0.3) is 0 Å². The Morgan fingerprint density at radius 1 is 1.35 bits per heavy atom. The molecule has 0 fully saturated rings. The molecule has 0 aromatic heterocycles. The van der Waals surface area contributed by atoms with Crippen LogP contribution in [0.15, 0.2) is 30.3 Å². The van der Waals surface area contributed by atoms with Gasteiger partial charge in [-0.1, -0.05) is 17.7 Å². The first kappa shape index (κ1) is 20.2. The highest BCUT2D eigenvalue weighted by Crippen LogP contribution is 2.37. The second-order valence-corrected chi connectivity index (χ2v) is 7.50. The SMILES string of the molecule is Cc1cc(CC(=O)O)c(Nc2c(F)cccc2Cl)cc1OCP(=O)(O)O. The molecule has 4 N–H and O–H groups in total. The molecule has 0 saturated heterocycles. The van der Waals surface area contributed by atoms with E-state index in [9.17, 15) is 13.8 Å². The van der Waals surface area contributed by atoms with Crippen molar-refractivity contribution in [3.05, 3.63) is 52.3 Å². The summed E-state index contributed by atoms with van der Waals surface area (Å²) < 4.78 is 30.1. The van der Waals surface area contributed by atoms with Gasteiger partial charge in [-0.15, -0.1) is 0 Å². The molecular weight excluding hydrogens is 388 g/mol. The number of carbonyl (C=O) groups is 1. The summed E-state index contributed by atoms with van der Waals surface area (Å²) in [6.45, 7) is 1.60. The Hall–Kier alpha value is -2.12. The van der Waals surface area contributed by atoms with Gasteiger partial charge in [0.1, 0.15) is 11.6 Å². The second kappa shape index (κ2) is 8.05. The van der Waals surface area contributed by atoms with E-state index in [4.69, 9.17) is 31.2 Å². The number of anilines is 2. The first-order chi connectivity index (χ1) is 12.1. The predicted molar refractivity (Wildman–Crippen MR) is 94.8 cm³/mol. The number of nitrogens with one attached hydrogen (secondary N) is 1. The van der Waals surface area contributed by atoms with Crippen molar-refractivity contribution in [2.45, 2.75) is 13.3 Å². The topological polar surface area (TPSA) is 116 Å². The van der Waals surface area contributed by atoms with Crippen LogP contribution < -0.4 is 10.1 Å². The number of halogens is 2. The molecule has 10 heteroatoms. The standard InChI is InChI=1S/C16H16ClFNO6P/c1-9-5-10(6-15(20)21)13(7-14(9)25-8-26(22,23)24)19-16-11(17)3-2-4-12(16)18/h2-5,7,19H,6,8H2,1H3,(H,20,21)(H2,22,23,24). The predicted octanol–water partition coefficient (Wildman–Crippen LogP) is 3.67. The molecule has 2 aromatic carbocycles. The van der Waals surface area contributed by atoms with Gasteiger partial charge >= 0.3 is 13.6 Å². The summed E-state index contributed by atoms with van der Waals surface area (Å²) in [6, 6.07) is 6.91. The van der Waals surface area contributed by atoms with E-state index in [0.29, 0.717) is 11.1 Å². The number of hydrogen-bond donors (Lipinski definition) is 4. The molecule has 140 valence electrons. The Morgan fingerprint density at radius 3 is 2.62 bits per heavy atom. The van der Waals surface area contributed by atoms with Crippen LogP contribution in [0, 0.1) is 12.7 Å². The van der Waals surface area contributed by atoms with Crippen molar-refractivity contribution in [2.75, 3.05) is 11.7 Å². The summed E-state index contributed by atoms with van der Waals surface area (Å²) in [7, 11) is -4.40. The van der Waals surface area contributed by atoms with Crippen LogP contribution in [0.1, 0.15) is 11.1 Å². The summed E-state index contributed by atoms with van der Waals surface area (Å²) in [5, 5.41) is 11.9. The lowest BCUT2D eigenvalue weighted by molar-refractivity contribution is -0.136. The number of benzene rings is 2. The van der Waals surface area contributed by atoms with Crippen molar-refractivity contribution >= 4 is 36.5 Å². The number of hydrogen-bond acceptors (Lipinski definition) is 4. The summed E-state index contributed by atoms with van der Waals surface area (Å²) in [5.74, 6) is -1.62. The minimum absolute atomic E-state index is 0.0504. The average Bonchev–Trinajstić information content (AvgIpc) is 2.50. The van der Waals surface area contributed by atoms with E-state index in [-0.39, 0.29) is 28.6 Å². The van der Waals surface area contributed by atoms with Crippen molar-refractivity contribution < 1.29 is 33.4 Å². The minimum atomic E-state index is -4.40. The minimum Gasteiger partial charge on any atom is -0.481 e. The molecule has 0 spiro atoms. The van der Waals surface area contributed by atoms with Crippen molar-refractivity contribution in [2.24, 2.45) is 0 Å². The maximum atomic E-state index is 14.0. The number of aliphatic carboxylic acids is 1. The van der Waals surface area contributed by atoms with Crippen LogP contribution in [0.4, 0.5) is 15.8 Å². The second-order valence-electron chi connectivity index (χ2n) is 5.51. The van der Waals surface area contributed by atoms with E-state index in [1.54, 1.807) is 6.92 Å². The van der Waals surface area contributed by atoms with Crippen LogP contribution in [0.5, 0.6) is 5.75 Å². The molecule has 0 aliphatic rings. The molecule has 2 rings (SSSR count). The lowest BCUT2D eigenvalue weighted by Crippen LogP contribution is -2.07. The zero-order valence-corrected chi connectivity index (χ0v) is 15.2. The largest absolute Gasteiger partial charge is 0.481 e. The van der Waals surface area contributed by atoms with Crippen molar-refractivity contribution in [1.82, 2.24) is 0 Å². The van der Waals surface area contributed by atoms with Crippen LogP contribution in [-0.4, -0.2) is 27.2 Å². The van der Waals surface area contributed by atoms with Gasteiger partial charge in [-0.2, -0.15) is 0 Å². The Labute approximate surface area is 153 Å². The fourth-order valence-electron chi connectivity index (χ4n) is 2.23. The zero-order chi connectivity index (χ0) is 19.5. The number of carboxylic acids is 1. The van der Waals surface area contributed by atoms with E-state index in [1.165, 1.54) is 30.3 Å². The molecule has 0 radical (unpaired) electrons. The van der Waals surface area contributed by atoms with Gasteiger partial charge in [0.05, 0.1) is 17.1 Å². The van der Waals surface area contributed by atoms with Gasteiger partial charge in [-0.05, 0) is 36.2 Å². The molecule has 0 aliphatic heterocycles. The normalized spacial score (nSPS) is 11.3. The molecule has 0 bridgehead atoms. The van der Waals surface area contributed by atoms with Crippen LogP contribution in [0.2, 0.25) is 5.02 Å². The maximum Gasteiger partial charge on any atom is 0.362 e. The fourth-order valence-corrected chi connectivity index (χ4v) is 2.75. The molecular formula is C16H16ClFNO6P. The van der Waals surface area contributed by atoms with E-state index in [0.717, 1.165) is 0 Å². The quantitative estimate of drug-likeness (QED) is 0.521. The molecule has 0 saturated carbocycles. The number of ether oxygens (including phenoxy) is 1. The highest BCUT2D eigenvalue weighted by atomic mass is 35.5. The van der Waals surface area contributed by atoms with E-state index in [2.05, 4.69) is 5.32 Å². The monoisotopic (exact) mass is 403 g/mol. The lowest BCUT2D eigenvalue weighted by atomic mass is 10.0. The Balaban J connectivity index is 2.46. The van der Waals surface area contributed by atoms with Gasteiger partial charge in [-0.3, -0.25) is 9.36 Å². The highest BCUT2D eigenvalue weighted by Gasteiger charge is 2.18. The Kier molecular flexibility index (Phi) is 6.26. The third-order valence-electron chi connectivity index (χ3n) is 3.35. The van der Waals surface area contributed by atoms with Crippen molar-refractivity contribution in [3.8, 4) is 5.75 Å². The Bertz CT molecular complexity index is 865. The molecule has 2 aromatic rings. The number of para-hydroxylation sites is 1. The summed E-state index contributed by atoms with van der Waals surface area (Å²) >= 11 is 5.98. The first-order valence-corrected chi connectivity index (χ1v) is 9.48. The van der Waals surface area contributed by atoms with Crippen molar-refractivity contribution in [1.29, 1.82) is 0 Å². The van der Waals surface area contributed by atoms with E-state index >= 15 is 0 Å². The first-order valence-electron chi connectivity index (χ1n) is 7.30. The molecule has 0 atom stereocenters. The molecule has 7 nitrogen and oxygen atoms in total. The molecule has 0 unspecified atom stereocenters. The number of aryl methyl sites for hydroxylation is 1. The fraction of sp³-hybridized carbons (Fsp3) is 0.188. The molecule has 0 heterocycles. The maximum absolute atomic E-state index is 14.0. The van der Waals surface area contributed by atoms with Gasteiger partial charge in [0.2, 0.25) is 0 Å². The van der Waals surface area contributed by atoms with Gasteiger partial charge < -0.3 is 24.9 Å². The zero-order valence-electron chi connectivity index (χ0n) is 13.6. The summed E-state index contributed by atoms with van der Waals surface area (Å²) in [5.41, 5.74) is 0.953. The number of carboxylic acid groups (broad SMARTS) is 1. The smallest absolute Gasteiger partial charge is 0.362 e. The van der Waals surface area contributed by atoms with Crippen LogP contribution in [0.3, 0.4) is 0 Å². The third kappa shape index (κ3) is 5.44. The van der Waals surface area contributed by atoms with Gasteiger partial charge in [0.15, 0.2) is 6.35 Å². The van der Waals surface area contributed by atoms with Crippen LogP contribution >= 0.6 is 19.2 Å². The Morgan fingerprint density at radius 2 is 2.04 bits per heavy atom. The number of rotatable bonds is 7. The highest BCUT2D eigenvalue weighted by molar-refractivity contribution is 7.51. The van der Waals surface area contributed by atoms with Gasteiger partial charge in [-0.25, -0.2) is 4.39 Å². The third-order valence-corrected chi connectivity index (χ3v) is 4.13. The van der Waals surface area contributed by atoms with Gasteiger partial charge in [0, 0.05) is 11.8 Å². The van der Waals surface area contributed by atoms with Crippen LogP contribution in [-0.2, 0) is 15.8 Å². The van der Waals surface area contributed by atoms with Crippen LogP contribution in [0.25, 0.3) is 0 Å². The van der Waals surface area contributed by atoms with E-state index < -0.39 is 25.7 Å². The average molecular weight is 404 g/mol. The summed E-state index contributed by atoms with van der Waals surface area (Å²) in [6.07, 6.45) is -1.19. The molecule has 0 amide bonds.